The topological polar surface area (TPSA) is 59.6 Å². The molecule has 0 bridgehead atoms. The average molecular weight is 270 g/mol. The minimum atomic E-state index is -0.331. The lowest BCUT2D eigenvalue weighted by Gasteiger charge is -2.26. The Labute approximate surface area is 115 Å². The van der Waals surface area contributed by atoms with Gasteiger partial charge in [0, 0.05) is 20.2 Å². The first-order valence-electron chi connectivity index (χ1n) is 6.25. The van der Waals surface area contributed by atoms with E-state index in [1.165, 1.54) is 13.1 Å². The average Bonchev–Trinajstić information content (AvgIpc) is 2.47. The van der Waals surface area contributed by atoms with Gasteiger partial charge in [0.25, 0.3) is 5.56 Å². The van der Waals surface area contributed by atoms with Gasteiger partial charge in [-0.05, 0) is 5.56 Å². The van der Waals surface area contributed by atoms with Crippen molar-refractivity contribution >= 4 is 11.5 Å². The van der Waals surface area contributed by atoms with Crippen molar-refractivity contribution < 1.29 is 0 Å². The zero-order valence-electron chi connectivity index (χ0n) is 11.3. The molecule has 0 saturated heterocycles. The lowest BCUT2D eigenvalue weighted by molar-refractivity contribution is 0.641. The molecule has 0 unspecified atom stereocenters. The predicted molar refractivity (Wildman–Crippen MR) is 77.3 cm³/mol. The van der Waals surface area contributed by atoms with Gasteiger partial charge in [-0.3, -0.25) is 18.9 Å². The highest BCUT2D eigenvalue weighted by molar-refractivity contribution is 6.01. The van der Waals surface area contributed by atoms with Gasteiger partial charge in [0.2, 0.25) is 0 Å². The smallest absolute Gasteiger partial charge is 0.272 e. The van der Waals surface area contributed by atoms with Gasteiger partial charge in [0.05, 0.1) is 12.3 Å². The van der Waals surface area contributed by atoms with Crippen LogP contribution in [0.1, 0.15) is 5.56 Å². The maximum absolute atomic E-state index is 12.2. The second kappa shape index (κ2) is 4.48. The molecule has 6 heteroatoms. The summed E-state index contributed by atoms with van der Waals surface area (Å²) < 4.78 is 2.65. The van der Waals surface area contributed by atoms with Crippen molar-refractivity contribution in [1.82, 2.24) is 9.13 Å². The summed E-state index contributed by atoms with van der Waals surface area (Å²) in [6.07, 6.45) is 0. The van der Waals surface area contributed by atoms with E-state index in [0.29, 0.717) is 12.4 Å². The van der Waals surface area contributed by atoms with Gasteiger partial charge in [0.15, 0.2) is 0 Å². The van der Waals surface area contributed by atoms with Crippen LogP contribution in [0.5, 0.6) is 0 Å². The molecular weight excluding hydrogens is 256 g/mol. The Bertz CT molecular complexity index is 802. The van der Waals surface area contributed by atoms with Crippen LogP contribution in [0.4, 0.5) is 5.82 Å². The molecule has 0 fully saturated rings. The summed E-state index contributed by atoms with van der Waals surface area (Å²) in [7, 11) is 3.21. The zero-order valence-corrected chi connectivity index (χ0v) is 11.3. The van der Waals surface area contributed by atoms with E-state index in [1.54, 1.807) is 16.6 Å². The maximum Gasteiger partial charge on any atom is 0.332 e. The summed E-state index contributed by atoms with van der Waals surface area (Å²) in [5.41, 5.74) is 1.10. The molecular formula is C14H14N4O2. The van der Waals surface area contributed by atoms with Crippen LogP contribution in [0.3, 0.4) is 0 Å². The number of rotatable bonds is 1. The Morgan fingerprint density at radius 2 is 1.80 bits per heavy atom. The maximum atomic E-state index is 12.2. The van der Waals surface area contributed by atoms with Crippen molar-refractivity contribution in [2.45, 2.75) is 6.54 Å². The van der Waals surface area contributed by atoms with E-state index >= 15 is 0 Å². The fourth-order valence-electron chi connectivity index (χ4n) is 2.27. The molecule has 2 heterocycles. The third-order valence-electron chi connectivity index (χ3n) is 3.39. The van der Waals surface area contributed by atoms with E-state index in [1.807, 2.05) is 30.3 Å². The number of benzene rings is 1. The van der Waals surface area contributed by atoms with Gasteiger partial charge >= 0.3 is 5.69 Å². The molecule has 0 spiro atoms. The summed E-state index contributed by atoms with van der Waals surface area (Å²) in [5, 5.41) is 6.01. The molecule has 3 rings (SSSR count). The summed E-state index contributed by atoms with van der Waals surface area (Å²) in [4.78, 5) is 23.9. The van der Waals surface area contributed by atoms with E-state index in [9.17, 15) is 9.59 Å². The van der Waals surface area contributed by atoms with E-state index in [4.69, 9.17) is 0 Å². The largest absolute Gasteiger partial charge is 0.332 e. The predicted octanol–water partition coefficient (Wildman–Crippen LogP) is 0.401. The molecule has 102 valence electrons. The molecule has 1 aliphatic rings. The monoisotopic (exact) mass is 270 g/mol. The summed E-state index contributed by atoms with van der Waals surface area (Å²) in [6.45, 7) is 0.358. The van der Waals surface area contributed by atoms with Crippen molar-refractivity contribution in [3.8, 4) is 0 Å². The van der Waals surface area contributed by atoms with Crippen molar-refractivity contribution in [2.24, 2.45) is 12.1 Å². The van der Waals surface area contributed by atoms with Gasteiger partial charge < -0.3 is 0 Å². The number of aromatic nitrogens is 2. The van der Waals surface area contributed by atoms with Crippen LogP contribution in [0, 0.1) is 0 Å². The third-order valence-corrected chi connectivity index (χ3v) is 3.39. The summed E-state index contributed by atoms with van der Waals surface area (Å²) in [6, 6.07) is 11.1. The molecule has 20 heavy (non-hydrogen) atoms. The van der Waals surface area contributed by atoms with Crippen molar-refractivity contribution in [3.05, 3.63) is 62.8 Å². The quantitative estimate of drug-likeness (QED) is 0.753. The SMILES string of the molecule is CN1N=C(c2ccccc2)Cn2c1cc(=O)n(C)c2=O. The molecule has 1 aromatic heterocycles. The van der Waals surface area contributed by atoms with Crippen LogP contribution >= 0.6 is 0 Å². The molecule has 0 atom stereocenters. The Kier molecular flexibility index (Phi) is 2.78. The number of hydrazone groups is 1. The van der Waals surface area contributed by atoms with E-state index in [0.717, 1.165) is 15.8 Å². The molecule has 1 aromatic carbocycles. The molecule has 1 aliphatic heterocycles. The van der Waals surface area contributed by atoms with Gasteiger partial charge in [-0.2, -0.15) is 5.10 Å². The van der Waals surface area contributed by atoms with Crippen LogP contribution in [0.15, 0.2) is 51.1 Å². The van der Waals surface area contributed by atoms with Gasteiger partial charge in [-0.25, -0.2) is 4.79 Å². The van der Waals surface area contributed by atoms with Gasteiger partial charge in [-0.15, -0.1) is 0 Å². The number of hydrogen-bond donors (Lipinski definition) is 0. The van der Waals surface area contributed by atoms with E-state index in [-0.39, 0.29) is 11.2 Å². The number of nitrogens with zero attached hydrogens (tertiary/aromatic N) is 4. The second-order valence-corrected chi connectivity index (χ2v) is 4.70. The van der Waals surface area contributed by atoms with Gasteiger partial charge in [-0.1, -0.05) is 30.3 Å². The number of fused-ring (bicyclic) bond motifs is 1. The first kappa shape index (κ1) is 12.4. The minimum Gasteiger partial charge on any atom is -0.272 e. The fourth-order valence-corrected chi connectivity index (χ4v) is 2.27. The Balaban J connectivity index is 2.16. The third kappa shape index (κ3) is 1.85. The lowest BCUT2D eigenvalue weighted by Crippen LogP contribution is -2.43. The molecule has 0 aliphatic carbocycles. The van der Waals surface area contributed by atoms with Crippen LogP contribution in [-0.2, 0) is 13.6 Å². The van der Waals surface area contributed by atoms with Crippen LogP contribution < -0.4 is 16.3 Å². The van der Waals surface area contributed by atoms with Crippen molar-refractivity contribution in [2.75, 3.05) is 12.1 Å². The van der Waals surface area contributed by atoms with E-state index < -0.39 is 0 Å². The summed E-state index contributed by atoms with van der Waals surface area (Å²) in [5.74, 6) is 0.512. The van der Waals surface area contributed by atoms with Crippen LogP contribution in [0.25, 0.3) is 0 Å². The first-order valence-corrected chi connectivity index (χ1v) is 6.25. The first-order chi connectivity index (χ1) is 9.58. The minimum absolute atomic E-state index is 0.327. The van der Waals surface area contributed by atoms with E-state index in [2.05, 4.69) is 5.10 Å². The highest BCUT2D eigenvalue weighted by Gasteiger charge is 2.20. The summed E-state index contributed by atoms with van der Waals surface area (Å²) >= 11 is 0. The van der Waals surface area contributed by atoms with Crippen molar-refractivity contribution in [1.29, 1.82) is 0 Å². The zero-order chi connectivity index (χ0) is 14.3. The standard InChI is InChI=1S/C14H14N4O2/c1-16-13(19)8-12-17(2)15-11(9-18(12)14(16)20)10-6-4-3-5-7-10/h3-8H,9H2,1-2H3. The number of hydrogen-bond acceptors (Lipinski definition) is 4. The fraction of sp³-hybridized carbons (Fsp3) is 0.214. The van der Waals surface area contributed by atoms with Crippen LogP contribution in [0.2, 0.25) is 0 Å². The molecule has 0 radical (unpaired) electrons. The molecule has 2 aromatic rings. The van der Waals surface area contributed by atoms with Crippen LogP contribution in [-0.4, -0.2) is 21.9 Å². The Morgan fingerprint density at radius 3 is 2.50 bits per heavy atom. The van der Waals surface area contributed by atoms with Crippen molar-refractivity contribution in [3.63, 3.8) is 0 Å². The second-order valence-electron chi connectivity index (χ2n) is 4.70. The highest BCUT2D eigenvalue weighted by Crippen LogP contribution is 2.16. The Hall–Kier alpha value is -2.63. The molecule has 0 N–H and O–H groups in total. The highest BCUT2D eigenvalue weighted by atomic mass is 16.2. The Morgan fingerprint density at radius 1 is 1.10 bits per heavy atom. The number of anilines is 1. The normalized spacial score (nSPS) is 13.9. The molecule has 6 nitrogen and oxygen atoms in total. The molecule has 0 amide bonds. The van der Waals surface area contributed by atoms with Gasteiger partial charge in [0.1, 0.15) is 5.82 Å². The molecule has 0 saturated carbocycles. The lowest BCUT2D eigenvalue weighted by atomic mass is 10.1.